The molecular formula is C8H10N2O2. The Morgan fingerprint density at radius 3 is 3.00 bits per heavy atom. The number of nitrogens with two attached hydrogens (primary N) is 1. The molecule has 4 N–H and O–H groups in total. The summed E-state index contributed by atoms with van der Waals surface area (Å²) in [4.78, 5) is 13.3. The van der Waals surface area contributed by atoms with Gasteiger partial charge in [-0.15, -0.1) is 0 Å². The predicted molar refractivity (Wildman–Crippen MR) is 47.6 cm³/mol. The maximum atomic E-state index is 10.8. The number of pyridine rings is 1. The van der Waals surface area contributed by atoms with E-state index in [0.29, 0.717) is 0 Å². The van der Waals surface area contributed by atoms with Crippen LogP contribution < -0.4 is 11.3 Å². The van der Waals surface area contributed by atoms with E-state index in [1.807, 2.05) is 0 Å². The molecule has 0 radical (unpaired) electrons. The molecule has 1 aromatic rings. The summed E-state index contributed by atoms with van der Waals surface area (Å²) in [6, 6.07) is 1.55. The van der Waals surface area contributed by atoms with Crippen molar-refractivity contribution in [2.45, 2.75) is 0 Å². The molecule has 0 aliphatic heterocycles. The van der Waals surface area contributed by atoms with Crippen molar-refractivity contribution in [3.63, 3.8) is 0 Å². The van der Waals surface area contributed by atoms with Gasteiger partial charge < -0.3 is 15.8 Å². The van der Waals surface area contributed by atoms with E-state index in [0.717, 1.165) is 5.56 Å². The van der Waals surface area contributed by atoms with Crippen LogP contribution in [-0.4, -0.2) is 16.7 Å². The Hall–Kier alpha value is -1.55. The molecule has 4 heteroatoms. The predicted octanol–water partition coefficient (Wildman–Crippen LogP) is -0.0374. The molecule has 1 aromatic heterocycles. The van der Waals surface area contributed by atoms with Gasteiger partial charge in [-0.1, -0.05) is 12.2 Å². The first kappa shape index (κ1) is 8.55. The van der Waals surface area contributed by atoms with Crippen molar-refractivity contribution in [2.75, 3.05) is 12.3 Å². The van der Waals surface area contributed by atoms with Crippen LogP contribution in [0.5, 0.6) is 0 Å². The van der Waals surface area contributed by atoms with Crippen LogP contribution in [0.1, 0.15) is 5.56 Å². The maximum Gasteiger partial charge on any atom is 0.271 e. The van der Waals surface area contributed by atoms with Gasteiger partial charge in [0.05, 0.1) is 12.3 Å². The van der Waals surface area contributed by atoms with E-state index in [1.165, 1.54) is 6.20 Å². The first-order valence-corrected chi connectivity index (χ1v) is 3.49. The zero-order valence-electron chi connectivity index (χ0n) is 6.45. The van der Waals surface area contributed by atoms with Gasteiger partial charge in [-0.3, -0.25) is 4.79 Å². The van der Waals surface area contributed by atoms with Gasteiger partial charge in [0, 0.05) is 6.20 Å². The van der Waals surface area contributed by atoms with Crippen LogP contribution in [0.3, 0.4) is 0 Å². The standard InChI is InChI=1S/C8H10N2O2/c9-7-4-6(2-1-3-11)5-10-8(7)12/h1-2,4-5,11H,3,9H2,(H,10,12). The van der Waals surface area contributed by atoms with Gasteiger partial charge in [-0.25, -0.2) is 0 Å². The lowest BCUT2D eigenvalue weighted by molar-refractivity contribution is 0.343. The third-order valence-corrected chi connectivity index (χ3v) is 1.37. The number of aromatic nitrogens is 1. The molecule has 0 atom stereocenters. The van der Waals surface area contributed by atoms with E-state index in [2.05, 4.69) is 4.98 Å². The molecule has 0 amide bonds. The number of hydrogen-bond acceptors (Lipinski definition) is 3. The fourth-order valence-corrected chi connectivity index (χ4v) is 0.804. The van der Waals surface area contributed by atoms with E-state index in [9.17, 15) is 4.79 Å². The molecule has 0 fully saturated rings. The molecule has 0 unspecified atom stereocenters. The van der Waals surface area contributed by atoms with Gasteiger partial charge in [-0.2, -0.15) is 0 Å². The average molecular weight is 166 g/mol. The number of rotatable bonds is 2. The number of aliphatic hydroxyl groups excluding tert-OH is 1. The summed E-state index contributed by atoms with van der Waals surface area (Å²) in [7, 11) is 0. The molecule has 0 bridgehead atoms. The van der Waals surface area contributed by atoms with Crippen LogP contribution in [-0.2, 0) is 0 Å². The summed E-state index contributed by atoms with van der Waals surface area (Å²) in [5.74, 6) is 0. The second-order valence-electron chi connectivity index (χ2n) is 2.30. The number of aromatic amines is 1. The molecule has 0 saturated heterocycles. The number of anilines is 1. The van der Waals surface area contributed by atoms with Crippen molar-refractivity contribution >= 4 is 11.8 Å². The highest BCUT2D eigenvalue weighted by atomic mass is 16.2. The lowest BCUT2D eigenvalue weighted by atomic mass is 10.2. The Morgan fingerprint density at radius 2 is 2.42 bits per heavy atom. The van der Waals surface area contributed by atoms with Gasteiger partial charge in [0.25, 0.3) is 5.56 Å². The Morgan fingerprint density at radius 1 is 1.67 bits per heavy atom. The number of aliphatic hydroxyl groups is 1. The van der Waals surface area contributed by atoms with Crippen molar-refractivity contribution in [3.05, 3.63) is 34.3 Å². The summed E-state index contributed by atoms with van der Waals surface area (Å²) >= 11 is 0. The van der Waals surface area contributed by atoms with Crippen molar-refractivity contribution in [2.24, 2.45) is 0 Å². The summed E-state index contributed by atoms with van der Waals surface area (Å²) in [6.07, 6.45) is 4.77. The Balaban J connectivity index is 2.97. The molecule has 4 nitrogen and oxygen atoms in total. The highest BCUT2D eigenvalue weighted by molar-refractivity contribution is 5.53. The normalized spacial score (nSPS) is 10.8. The maximum absolute atomic E-state index is 10.8. The molecular weight excluding hydrogens is 156 g/mol. The number of nitrogen functional groups attached to an aromatic ring is 1. The molecule has 1 heterocycles. The monoisotopic (exact) mass is 166 g/mol. The Labute approximate surface area is 69.4 Å². The van der Waals surface area contributed by atoms with Gasteiger partial charge in [0.1, 0.15) is 0 Å². The van der Waals surface area contributed by atoms with Gasteiger partial charge in [0.2, 0.25) is 0 Å². The topological polar surface area (TPSA) is 79.1 Å². The SMILES string of the molecule is Nc1cc(C=CCO)c[nH]c1=O. The molecule has 1 rings (SSSR count). The smallest absolute Gasteiger partial charge is 0.271 e. The largest absolute Gasteiger partial charge is 0.394 e. The highest BCUT2D eigenvalue weighted by Gasteiger charge is 1.92. The van der Waals surface area contributed by atoms with Crippen LogP contribution >= 0.6 is 0 Å². The van der Waals surface area contributed by atoms with Crippen molar-refractivity contribution in [3.8, 4) is 0 Å². The summed E-state index contributed by atoms with van der Waals surface area (Å²) in [6.45, 7) is -0.0287. The molecule has 0 aliphatic rings. The first-order chi connectivity index (χ1) is 5.74. The van der Waals surface area contributed by atoms with Crippen LogP contribution in [0.2, 0.25) is 0 Å². The summed E-state index contributed by atoms with van der Waals surface area (Å²) < 4.78 is 0. The van der Waals surface area contributed by atoms with Gasteiger partial charge >= 0.3 is 0 Å². The summed E-state index contributed by atoms with van der Waals surface area (Å²) in [5.41, 5.74) is 6.00. The van der Waals surface area contributed by atoms with Crippen LogP contribution in [0.25, 0.3) is 6.08 Å². The van der Waals surface area contributed by atoms with Gasteiger partial charge in [0.15, 0.2) is 0 Å². The zero-order valence-corrected chi connectivity index (χ0v) is 6.45. The Bertz CT molecular complexity index is 341. The van der Waals surface area contributed by atoms with E-state index >= 15 is 0 Å². The fraction of sp³-hybridized carbons (Fsp3) is 0.125. The van der Waals surface area contributed by atoms with E-state index in [-0.39, 0.29) is 17.9 Å². The quantitative estimate of drug-likeness (QED) is 0.577. The van der Waals surface area contributed by atoms with Crippen LogP contribution in [0.4, 0.5) is 5.69 Å². The average Bonchev–Trinajstić information content (AvgIpc) is 2.07. The van der Waals surface area contributed by atoms with Crippen molar-refractivity contribution in [1.29, 1.82) is 0 Å². The third-order valence-electron chi connectivity index (χ3n) is 1.37. The van der Waals surface area contributed by atoms with E-state index < -0.39 is 0 Å². The first-order valence-electron chi connectivity index (χ1n) is 3.49. The minimum Gasteiger partial charge on any atom is -0.394 e. The molecule has 0 aromatic carbocycles. The van der Waals surface area contributed by atoms with E-state index in [1.54, 1.807) is 18.2 Å². The highest BCUT2D eigenvalue weighted by Crippen LogP contribution is 2.01. The summed E-state index contributed by atoms with van der Waals surface area (Å²) in [5, 5.41) is 8.46. The fourth-order valence-electron chi connectivity index (χ4n) is 0.804. The molecule has 0 aliphatic carbocycles. The minimum atomic E-state index is -0.295. The Kier molecular flexibility index (Phi) is 2.66. The molecule has 0 spiro atoms. The van der Waals surface area contributed by atoms with Gasteiger partial charge in [-0.05, 0) is 11.6 Å². The van der Waals surface area contributed by atoms with Crippen LogP contribution in [0.15, 0.2) is 23.1 Å². The third kappa shape index (κ3) is 1.96. The molecule has 64 valence electrons. The second-order valence-corrected chi connectivity index (χ2v) is 2.30. The molecule has 0 saturated carbocycles. The van der Waals surface area contributed by atoms with E-state index in [4.69, 9.17) is 10.8 Å². The minimum absolute atomic E-state index is 0.0287. The second kappa shape index (κ2) is 3.73. The van der Waals surface area contributed by atoms with Crippen molar-refractivity contribution < 1.29 is 5.11 Å². The van der Waals surface area contributed by atoms with Crippen LogP contribution in [0, 0.1) is 0 Å². The van der Waals surface area contributed by atoms with Crippen molar-refractivity contribution in [1.82, 2.24) is 4.98 Å². The molecule has 12 heavy (non-hydrogen) atoms. The number of hydrogen-bond donors (Lipinski definition) is 3. The number of H-pyrrole nitrogens is 1. The lowest BCUT2D eigenvalue weighted by Gasteiger charge is -1.93. The number of nitrogens with one attached hydrogen (secondary N) is 1. The lowest BCUT2D eigenvalue weighted by Crippen LogP contribution is -2.10. The zero-order chi connectivity index (χ0) is 8.97.